The number of nitrogens with zero attached hydrogens (tertiary/aromatic N) is 2. The lowest BCUT2D eigenvalue weighted by atomic mass is 10.1. The average Bonchev–Trinajstić information content (AvgIpc) is 2.27. The lowest BCUT2D eigenvalue weighted by Gasteiger charge is -2.22. The van der Waals surface area contributed by atoms with Crippen molar-refractivity contribution < 1.29 is 0 Å². The van der Waals surface area contributed by atoms with Crippen molar-refractivity contribution in [3.63, 3.8) is 0 Å². The maximum Gasteiger partial charge on any atom is 0.0642 e. The minimum absolute atomic E-state index is 0.0237. The fraction of sp³-hybridized carbons (Fsp3) is 0.571. The molecule has 2 N–H and O–H groups in total. The number of hydrogen-bond acceptors (Lipinski definition) is 3. The first kappa shape index (κ1) is 15.3. The summed E-state index contributed by atoms with van der Waals surface area (Å²) >= 11 is 6.30. The summed E-state index contributed by atoms with van der Waals surface area (Å²) in [4.78, 5) is 4.38. The molecule has 0 heterocycles. The highest BCUT2D eigenvalue weighted by Gasteiger charge is 2.08. The van der Waals surface area contributed by atoms with Crippen LogP contribution in [0, 0.1) is 0 Å². The molecule has 4 heteroatoms. The zero-order valence-corrected chi connectivity index (χ0v) is 12.5. The van der Waals surface area contributed by atoms with E-state index in [0.717, 1.165) is 35.8 Å². The second kappa shape index (κ2) is 6.98. The van der Waals surface area contributed by atoms with Crippen LogP contribution in [0.3, 0.4) is 0 Å². The highest BCUT2D eigenvalue weighted by Crippen LogP contribution is 2.27. The second-order valence-corrected chi connectivity index (χ2v) is 5.49. The Hall–Kier alpha value is -0.770. The molecule has 1 rings (SSSR count). The highest BCUT2D eigenvalue weighted by molar-refractivity contribution is 6.33. The number of halogens is 1. The van der Waals surface area contributed by atoms with Gasteiger partial charge < -0.3 is 15.5 Å². The van der Waals surface area contributed by atoms with Gasteiger partial charge >= 0.3 is 0 Å². The first-order valence-corrected chi connectivity index (χ1v) is 6.70. The number of benzene rings is 1. The Labute approximate surface area is 116 Å². The van der Waals surface area contributed by atoms with Crippen LogP contribution in [0.5, 0.6) is 0 Å². The van der Waals surface area contributed by atoms with Gasteiger partial charge in [0, 0.05) is 19.6 Å². The Bertz CT molecular complexity index is 377. The summed E-state index contributed by atoms with van der Waals surface area (Å²) in [7, 11) is 6.25. The highest BCUT2D eigenvalue weighted by atomic mass is 35.5. The third-order valence-corrected chi connectivity index (χ3v) is 3.31. The van der Waals surface area contributed by atoms with Gasteiger partial charge in [0.25, 0.3) is 0 Å². The van der Waals surface area contributed by atoms with E-state index in [2.05, 4.69) is 37.0 Å². The molecule has 0 fully saturated rings. The normalized spacial score (nSPS) is 12.8. The third-order valence-electron chi connectivity index (χ3n) is 3.01. The van der Waals surface area contributed by atoms with Gasteiger partial charge in [0.15, 0.2) is 0 Å². The molecule has 1 atom stereocenters. The number of rotatable bonds is 6. The molecule has 1 aromatic rings. The van der Waals surface area contributed by atoms with Crippen molar-refractivity contribution in [2.24, 2.45) is 5.73 Å². The molecule has 0 saturated heterocycles. The molecule has 102 valence electrons. The quantitative estimate of drug-likeness (QED) is 0.862. The number of anilines is 1. The summed E-state index contributed by atoms with van der Waals surface area (Å²) in [6.45, 7) is 4.04. The van der Waals surface area contributed by atoms with E-state index in [4.69, 9.17) is 17.3 Å². The molecule has 0 aromatic heterocycles. The van der Waals surface area contributed by atoms with Gasteiger partial charge in [0.1, 0.15) is 0 Å². The topological polar surface area (TPSA) is 32.5 Å². The summed E-state index contributed by atoms with van der Waals surface area (Å²) in [5, 5.41) is 0.775. The van der Waals surface area contributed by atoms with Crippen molar-refractivity contribution >= 4 is 17.3 Å². The zero-order chi connectivity index (χ0) is 13.7. The van der Waals surface area contributed by atoms with Crippen LogP contribution in [-0.4, -0.2) is 39.1 Å². The Morgan fingerprint density at radius 3 is 2.39 bits per heavy atom. The van der Waals surface area contributed by atoms with E-state index in [0.29, 0.717) is 0 Å². The van der Waals surface area contributed by atoms with Crippen LogP contribution in [0.25, 0.3) is 0 Å². The largest absolute Gasteiger partial charge is 0.373 e. The Morgan fingerprint density at radius 1 is 1.22 bits per heavy atom. The molecule has 0 unspecified atom stereocenters. The van der Waals surface area contributed by atoms with E-state index in [-0.39, 0.29) is 6.04 Å². The molecule has 0 aliphatic heterocycles. The predicted molar refractivity (Wildman–Crippen MR) is 80.5 cm³/mol. The molecule has 0 spiro atoms. The molecular weight excluding hydrogens is 246 g/mol. The molecule has 0 bridgehead atoms. The van der Waals surface area contributed by atoms with E-state index >= 15 is 0 Å². The predicted octanol–water partition coefficient (Wildman–Crippen LogP) is 2.75. The van der Waals surface area contributed by atoms with Crippen molar-refractivity contribution in [2.45, 2.75) is 19.4 Å². The molecule has 0 radical (unpaired) electrons. The van der Waals surface area contributed by atoms with Gasteiger partial charge in [0.2, 0.25) is 0 Å². The summed E-state index contributed by atoms with van der Waals surface area (Å²) < 4.78 is 0. The first-order valence-electron chi connectivity index (χ1n) is 6.32. The summed E-state index contributed by atoms with van der Waals surface area (Å²) in [6.07, 6.45) is 1.12. The molecule has 0 amide bonds. The fourth-order valence-corrected chi connectivity index (χ4v) is 2.19. The number of hydrogen-bond donors (Lipinski definition) is 1. The molecular formula is C14H24ClN3. The first-order chi connectivity index (χ1) is 8.41. The molecule has 0 aliphatic rings. The maximum absolute atomic E-state index is 6.30. The van der Waals surface area contributed by atoms with Gasteiger partial charge in [-0.3, -0.25) is 0 Å². The van der Waals surface area contributed by atoms with E-state index in [1.54, 1.807) is 0 Å². The van der Waals surface area contributed by atoms with E-state index in [1.807, 2.05) is 19.1 Å². The summed E-state index contributed by atoms with van der Waals surface area (Å²) in [5.41, 5.74) is 7.99. The van der Waals surface area contributed by atoms with Crippen molar-refractivity contribution in [2.75, 3.05) is 39.1 Å². The second-order valence-electron chi connectivity index (χ2n) is 5.08. The van der Waals surface area contributed by atoms with Gasteiger partial charge in [-0.15, -0.1) is 0 Å². The lowest BCUT2D eigenvalue weighted by molar-refractivity contribution is 0.401. The van der Waals surface area contributed by atoms with Crippen molar-refractivity contribution in [3.05, 3.63) is 28.8 Å². The molecule has 0 aliphatic carbocycles. The van der Waals surface area contributed by atoms with E-state index in [1.165, 1.54) is 0 Å². The number of nitrogens with two attached hydrogens (primary N) is 1. The average molecular weight is 270 g/mol. The van der Waals surface area contributed by atoms with Crippen LogP contribution < -0.4 is 10.6 Å². The minimum Gasteiger partial charge on any atom is -0.373 e. The van der Waals surface area contributed by atoms with Crippen molar-refractivity contribution in [1.29, 1.82) is 0 Å². The van der Waals surface area contributed by atoms with E-state index < -0.39 is 0 Å². The van der Waals surface area contributed by atoms with Crippen LogP contribution in [0.15, 0.2) is 18.2 Å². The molecule has 1 aromatic carbocycles. The molecule has 3 nitrogen and oxygen atoms in total. The van der Waals surface area contributed by atoms with Crippen LogP contribution in [0.2, 0.25) is 5.02 Å². The van der Waals surface area contributed by atoms with Crippen molar-refractivity contribution in [1.82, 2.24) is 4.90 Å². The monoisotopic (exact) mass is 269 g/mol. The Balaban J connectivity index is 2.65. The zero-order valence-electron chi connectivity index (χ0n) is 11.8. The standard InChI is InChI=1S/C14H24ClN3/c1-11(16)12-6-7-14(13(15)10-12)18(4)9-5-8-17(2)3/h6-7,10-11H,5,8-9,16H2,1-4H3/t11-/m0/s1. The Morgan fingerprint density at radius 2 is 1.89 bits per heavy atom. The summed E-state index contributed by atoms with van der Waals surface area (Å²) in [6, 6.07) is 6.09. The van der Waals surface area contributed by atoms with Gasteiger partial charge in [-0.2, -0.15) is 0 Å². The van der Waals surface area contributed by atoms with Crippen LogP contribution in [0.1, 0.15) is 24.9 Å². The fourth-order valence-electron chi connectivity index (χ4n) is 1.86. The van der Waals surface area contributed by atoms with Gasteiger partial charge in [0.05, 0.1) is 10.7 Å². The maximum atomic E-state index is 6.30. The van der Waals surface area contributed by atoms with Gasteiger partial charge in [-0.1, -0.05) is 17.7 Å². The van der Waals surface area contributed by atoms with Gasteiger partial charge in [-0.05, 0) is 51.7 Å². The summed E-state index contributed by atoms with van der Waals surface area (Å²) in [5.74, 6) is 0. The van der Waals surface area contributed by atoms with Crippen LogP contribution >= 0.6 is 11.6 Å². The smallest absolute Gasteiger partial charge is 0.0642 e. The SMILES string of the molecule is C[C@H](N)c1ccc(N(C)CCCN(C)C)c(Cl)c1. The van der Waals surface area contributed by atoms with Crippen molar-refractivity contribution in [3.8, 4) is 0 Å². The van der Waals surface area contributed by atoms with E-state index in [9.17, 15) is 0 Å². The van der Waals surface area contributed by atoms with Crippen LogP contribution in [-0.2, 0) is 0 Å². The van der Waals surface area contributed by atoms with Gasteiger partial charge in [-0.25, -0.2) is 0 Å². The third kappa shape index (κ3) is 4.48. The lowest BCUT2D eigenvalue weighted by Crippen LogP contribution is -2.23. The Kier molecular flexibility index (Phi) is 5.93. The minimum atomic E-state index is 0.0237. The molecule has 0 saturated carbocycles. The molecule has 18 heavy (non-hydrogen) atoms. The van der Waals surface area contributed by atoms with Crippen LogP contribution in [0.4, 0.5) is 5.69 Å².